The zero-order valence-corrected chi connectivity index (χ0v) is 22.9. The van der Waals surface area contributed by atoms with Gasteiger partial charge in [0.1, 0.15) is 0 Å². The topological polar surface area (TPSA) is 71.5 Å². The first kappa shape index (κ1) is 26.2. The minimum absolute atomic E-state index is 0.0126. The van der Waals surface area contributed by atoms with Gasteiger partial charge in [0.2, 0.25) is 0 Å². The Kier molecular flexibility index (Phi) is 7.53. The molecular weight excluding hydrogens is 448 g/mol. The van der Waals surface area contributed by atoms with Crippen molar-refractivity contribution in [1.29, 1.82) is 0 Å². The SMILES string of the molecule is COC(=O)CC[C@@H](C)C1CCC2C3CC[C@@H]4C[C@H](NCc5ccccn5)CC[C@]4(C)C3C[C@H](O)[C@@]21C. The summed E-state index contributed by atoms with van der Waals surface area (Å²) in [5.74, 6) is 3.59. The first-order valence-electron chi connectivity index (χ1n) is 14.7. The summed E-state index contributed by atoms with van der Waals surface area (Å²) in [7, 11) is 1.48. The number of rotatable bonds is 7. The molecule has 5 rings (SSSR count). The number of ether oxygens (including phenoxy) is 1. The first-order valence-corrected chi connectivity index (χ1v) is 14.7. The number of pyridine rings is 1. The number of aliphatic hydroxyl groups is 1. The lowest BCUT2D eigenvalue weighted by atomic mass is 9.43. The molecule has 0 aliphatic heterocycles. The normalized spacial score (nSPS) is 42.6. The highest BCUT2D eigenvalue weighted by Gasteiger charge is 2.63. The third kappa shape index (κ3) is 4.53. The van der Waals surface area contributed by atoms with Crippen LogP contribution in [0, 0.1) is 46.3 Å². The number of aromatic nitrogens is 1. The van der Waals surface area contributed by atoms with Crippen molar-refractivity contribution < 1.29 is 14.6 Å². The maximum Gasteiger partial charge on any atom is 0.305 e. The van der Waals surface area contributed by atoms with Crippen molar-refractivity contribution in [2.75, 3.05) is 7.11 Å². The number of hydrogen-bond acceptors (Lipinski definition) is 5. The summed E-state index contributed by atoms with van der Waals surface area (Å²) < 4.78 is 4.90. The molecule has 2 N–H and O–H groups in total. The van der Waals surface area contributed by atoms with Crippen molar-refractivity contribution in [3.05, 3.63) is 30.1 Å². The number of hydrogen-bond donors (Lipinski definition) is 2. The van der Waals surface area contributed by atoms with E-state index in [-0.39, 0.29) is 17.5 Å². The number of nitrogens with one attached hydrogen (secondary N) is 1. The molecule has 4 unspecified atom stereocenters. The summed E-state index contributed by atoms with van der Waals surface area (Å²) in [6, 6.07) is 6.73. The second-order valence-corrected chi connectivity index (χ2v) is 13.2. The van der Waals surface area contributed by atoms with Crippen molar-refractivity contribution in [3.63, 3.8) is 0 Å². The second-order valence-electron chi connectivity index (χ2n) is 13.2. The maximum atomic E-state index is 11.8. The fourth-order valence-electron chi connectivity index (χ4n) is 9.77. The summed E-state index contributed by atoms with van der Waals surface area (Å²) in [5.41, 5.74) is 1.46. The molecule has 36 heavy (non-hydrogen) atoms. The average molecular weight is 497 g/mol. The predicted octanol–water partition coefficient (Wildman–Crippen LogP) is 5.76. The smallest absolute Gasteiger partial charge is 0.305 e. The van der Waals surface area contributed by atoms with Gasteiger partial charge in [-0.15, -0.1) is 0 Å². The second kappa shape index (κ2) is 10.4. The molecule has 200 valence electrons. The first-order chi connectivity index (χ1) is 17.3. The Labute approximate surface area is 218 Å². The molecule has 5 heteroatoms. The lowest BCUT2D eigenvalue weighted by molar-refractivity contribution is -0.170. The van der Waals surface area contributed by atoms with Crippen LogP contribution in [-0.2, 0) is 16.1 Å². The number of carbonyl (C=O) groups excluding carboxylic acids is 1. The summed E-state index contributed by atoms with van der Waals surface area (Å²) in [6.07, 6.45) is 12.9. The highest BCUT2D eigenvalue weighted by atomic mass is 16.5. The van der Waals surface area contributed by atoms with Gasteiger partial charge >= 0.3 is 5.97 Å². The number of aliphatic hydroxyl groups excluding tert-OH is 1. The summed E-state index contributed by atoms with van der Waals surface area (Å²) in [6.45, 7) is 8.13. The summed E-state index contributed by atoms with van der Waals surface area (Å²) in [5, 5.41) is 15.6. The van der Waals surface area contributed by atoms with Crippen LogP contribution in [0.4, 0.5) is 0 Å². The molecule has 1 aromatic heterocycles. The molecule has 1 aromatic rings. The number of methoxy groups -OCH3 is 1. The summed E-state index contributed by atoms with van der Waals surface area (Å²) >= 11 is 0. The van der Waals surface area contributed by atoms with E-state index in [1.807, 2.05) is 12.3 Å². The van der Waals surface area contributed by atoms with Gasteiger partial charge in [-0.25, -0.2) is 0 Å². The average Bonchev–Trinajstić information content (AvgIpc) is 3.25. The van der Waals surface area contributed by atoms with Crippen molar-refractivity contribution in [3.8, 4) is 0 Å². The van der Waals surface area contributed by atoms with E-state index in [0.717, 1.165) is 36.9 Å². The molecule has 0 saturated heterocycles. The van der Waals surface area contributed by atoms with Crippen LogP contribution >= 0.6 is 0 Å². The van der Waals surface area contributed by atoms with E-state index in [1.165, 1.54) is 52.1 Å². The lowest BCUT2D eigenvalue weighted by Crippen LogP contribution is -2.59. The zero-order chi connectivity index (χ0) is 25.5. The maximum absolute atomic E-state index is 11.8. The Morgan fingerprint density at radius 2 is 2.00 bits per heavy atom. The van der Waals surface area contributed by atoms with Crippen LogP contribution in [-0.4, -0.2) is 35.3 Å². The van der Waals surface area contributed by atoms with Gasteiger partial charge < -0.3 is 15.2 Å². The highest BCUT2D eigenvalue weighted by molar-refractivity contribution is 5.69. The Morgan fingerprint density at radius 3 is 2.75 bits per heavy atom. The van der Waals surface area contributed by atoms with Crippen LogP contribution in [0.15, 0.2) is 24.4 Å². The quantitative estimate of drug-likeness (QED) is 0.470. The van der Waals surface area contributed by atoms with E-state index in [4.69, 9.17) is 4.74 Å². The van der Waals surface area contributed by atoms with E-state index in [1.54, 1.807) is 0 Å². The molecular formula is C31H48N2O3. The Bertz CT molecular complexity index is 908. The van der Waals surface area contributed by atoms with Crippen LogP contribution in [0.25, 0.3) is 0 Å². The van der Waals surface area contributed by atoms with E-state index in [9.17, 15) is 9.90 Å². The van der Waals surface area contributed by atoms with Gasteiger partial charge in [0, 0.05) is 25.2 Å². The Hall–Kier alpha value is -1.46. The molecule has 0 bridgehead atoms. The number of carbonyl (C=O) groups is 1. The fourth-order valence-corrected chi connectivity index (χ4v) is 9.77. The van der Waals surface area contributed by atoms with E-state index in [2.05, 4.69) is 43.2 Å². The molecule has 5 nitrogen and oxygen atoms in total. The molecule has 0 amide bonds. The molecule has 1 heterocycles. The Balaban J connectivity index is 1.25. The van der Waals surface area contributed by atoms with Crippen molar-refractivity contribution in [2.45, 2.75) is 104 Å². The minimum Gasteiger partial charge on any atom is -0.469 e. The van der Waals surface area contributed by atoms with Crippen LogP contribution in [0.5, 0.6) is 0 Å². The highest BCUT2D eigenvalue weighted by Crippen LogP contribution is 2.68. The molecule has 10 atom stereocenters. The van der Waals surface area contributed by atoms with Crippen molar-refractivity contribution >= 4 is 5.97 Å². The number of nitrogens with zero attached hydrogens (tertiary/aromatic N) is 1. The molecule has 0 radical (unpaired) electrons. The standard InChI is InChI=1S/C31H48N2O3/c1-20(8-13-29(35)36-4)25-11-12-26-24-10-9-21-17-22(33-19-23-7-5-6-16-32-23)14-15-30(21,2)27(24)18-28(34)31(25,26)3/h5-7,16,20-22,24-28,33-34H,8-15,17-19H2,1-4H3/t20-,21-,22-,24?,25?,26?,27?,28+,30+,31-/m1/s1. The third-order valence-corrected chi connectivity index (χ3v) is 11.9. The lowest BCUT2D eigenvalue weighted by Gasteiger charge is -2.62. The van der Waals surface area contributed by atoms with Gasteiger partial charge in [-0.2, -0.15) is 0 Å². The van der Waals surface area contributed by atoms with Crippen LogP contribution < -0.4 is 5.32 Å². The van der Waals surface area contributed by atoms with Gasteiger partial charge in [0.15, 0.2) is 0 Å². The monoisotopic (exact) mass is 496 g/mol. The molecule has 0 aromatic carbocycles. The molecule has 4 aliphatic carbocycles. The minimum atomic E-state index is -0.229. The third-order valence-electron chi connectivity index (χ3n) is 11.9. The molecule has 0 spiro atoms. The molecule has 4 aliphatic rings. The van der Waals surface area contributed by atoms with E-state index in [0.29, 0.717) is 41.5 Å². The van der Waals surface area contributed by atoms with Crippen LogP contribution in [0.1, 0.15) is 90.7 Å². The van der Waals surface area contributed by atoms with Crippen molar-refractivity contribution in [2.24, 2.45) is 46.3 Å². The Morgan fingerprint density at radius 1 is 1.17 bits per heavy atom. The zero-order valence-electron chi connectivity index (χ0n) is 22.9. The van der Waals surface area contributed by atoms with Gasteiger partial charge in [0.25, 0.3) is 0 Å². The number of esters is 1. The largest absolute Gasteiger partial charge is 0.469 e. The van der Waals surface area contributed by atoms with E-state index < -0.39 is 0 Å². The van der Waals surface area contributed by atoms with E-state index >= 15 is 0 Å². The molecule has 4 fully saturated rings. The van der Waals surface area contributed by atoms with Crippen LogP contribution in [0.3, 0.4) is 0 Å². The summed E-state index contributed by atoms with van der Waals surface area (Å²) in [4.78, 5) is 16.3. The predicted molar refractivity (Wildman–Crippen MR) is 142 cm³/mol. The number of fused-ring (bicyclic) bond motifs is 5. The molecule has 4 saturated carbocycles. The van der Waals surface area contributed by atoms with Gasteiger partial charge in [-0.1, -0.05) is 26.8 Å². The van der Waals surface area contributed by atoms with Gasteiger partial charge in [0.05, 0.1) is 18.9 Å². The van der Waals surface area contributed by atoms with Gasteiger partial charge in [-0.3, -0.25) is 9.78 Å². The fraction of sp³-hybridized carbons (Fsp3) is 0.806. The van der Waals surface area contributed by atoms with Crippen molar-refractivity contribution in [1.82, 2.24) is 10.3 Å². The van der Waals surface area contributed by atoms with Gasteiger partial charge in [-0.05, 0) is 116 Å². The van der Waals surface area contributed by atoms with Crippen LogP contribution in [0.2, 0.25) is 0 Å².